The number of carboxylic acids is 1. The molecule has 5 atom stereocenters. The lowest BCUT2D eigenvalue weighted by Crippen LogP contribution is -2.55. The van der Waals surface area contributed by atoms with Crippen molar-refractivity contribution in [2.24, 2.45) is 0 Å². The number of aliphatic carboxylic acids is 1. The van der Waals surface area contributed by atoms with Crippen molar-refractivity contribution >= 4 is 17.8 Å². The first-order valence-electron chi connectivity index (χ1n) is 7.74. The van der Waals surface area contributed by atoms with Crippen LogP contribution < -0.4 is 10.6 Å². The highest BCUT2D eigenvalue weighted by Gasteiger charge is 2.40. The predicted molar refractivity (Wildman–Crippen MR) is 78.4 cm³/mol. The fourth-order valence-electron chi connectivity index (χ4n) is 3.05. The minimum absolute atomic E-state index is 0.261. The van der Waals surface area contributed by atoms with Gasteiger partial charge < -0.3 is 30.9 Å². The van der Waals surface area contributed by atoms with Crippen molar-refractivity contribution < 1.29 is 29.7 Å². The highest BCUT2D eigenvalue weighted by Crippen LogP contribution is 2.21. The lowest BCUT2D eigenvalue weighted by molar-refractivity contribution is -0.146. The lowest BCUT2D eigenvalue weighted by Gasteiger charge is -2.28. The van der Waals surface area contributed by atoms with Crippen LogP contribution in [0, 0.1) is 0 Å². The number of β-amino-alcohol motifs (C(OH)–C–C–N with tert-alkyl or cyclic N) is 1. The number of carbonyl (C=O) groups excluding carboxylic acids is 2. The highest BCUT2D eigenvalue weighted by atomic mass is 16.4. The molecule has 2 amide bonds. The molecular formula is C14H23N3O6. The van der Waals surface area contributed by atoms with Crippen LogP contribution in [0.2, 0.25) is 0 Å². The quantitative estimate of drug-likeness (QED) is 0.380. The van der Waals surface area contributed by atoms with Gasteiger partial charge in [0.2, 0.25) is 11.8 Å². The van der Waals surface area contributed by atoms with Crippen molar-refractivity contribution in [2.75, 3.05) is 13.1 Å². The second-order valence-electron chi connectivity index (χ2n) is 6.11. The zero-order valence-electron chi connectivity index (χ0n) is 12.9. The molecule has 0 unspecified atom stereocenters. The summed E-state index contributed by atoms with van der Waals surface area (Å²) in [6, 6.07) is -2.68. The molecule has 0 bridgehead atoms. The molecule has 0 spiro atoms. The summed E-state index contributed by atoms with van der Waals surface area (Å²) in [6.45, 7) is 2.03. The van der Waals surface area contributed by atoms with Crippen LogP contribution in [0.3, 0.4) is 0 Å². The topological polar surface area (TPSA) is 139 Å². The third kappa shape index (κ3) is 3.98. The first-order valence-corrected chi connectivity index (χ1v) is 7.74. The Bertz CT molecular complexity index is 483. The van der Waals surface area contributed by atoms with Gasteiger partial charge in [0.1, 0.15) is 6.04 Å². The van der Waals surface area contributed by atoms with Crippen molar-refractivity contribution in [1.29, 1.82) is 0 Å². The molecule has 2 aliphatic rings. The normalized spacial score (nSPS) is 30.0. The van der Waals surface area contributed by atoms with Crippen LogP contribution in [0.25, 0.3) is 0 Å². The predicted octanol–water partition coefficient (Wildman–Crippen LogP) is -2.35. The summed E-state index contributed by atoms with van der Waals surface area (Å²) in [5, 5.41) is 33.2. The fourth-order valence-corrected chi connectivity index (χ4v) is 3.05. The van der Waals surface area contributed by atoms with Gasteiger partial charge in [-0.2, -0.15) is 0 Å². The second kappa shape index (κ2) is 7.24. The number of hydrogen-bond donors (Lipinski definition) is 5. The number of carbonyl (C=O) groups is 3. The van der Waals surface area contributed by atoms with E-state index in [1.165, 1.54) is 11.8 Å². The van der Waals surface area contributed by atoms with E-state index < -0.39 is 42.2 Å². The van der Waals surface area contributed by atoms with Gasteiger partial charge in [-0.3, -0.25) is 9.59 Å². The van der Waals surface area contributed by atoms with Gasteiger partial charge in [0.15, 0.2) is 6.04 Å². The van der Waals surface area contributed by atoms with Crippen LogP contribution >= 0.6 is 0 Å². The molecule has 5 N–H and O–H groups in total. The van der Waals surface area contributed by atoms with Crippen LogP contribution in [-0.2, 0) is 14.4 Å². The minimum atomic E-state index is -1.41. The van der Waals surface area contributed by atoms with Crippen molar-refractivity contribution in [1.82, 2.24) is 15.5 Å². The second-order valence-corrected chi connectivity index (χ2v) is 6.11. The average Bonchev–Trinajstić information content (AvgIpc) is 3.11. The maximum absolute atomic E-state index is 12.5. The molecule has 0 aromatic carbocycles. The Morgan fingerprint density at radius 2 is 2.04 bits per heavy atom. The lowest BCUT2D eigenvalue weighted by atomic mass is 10.1. The third-order valence-electron chi connectivity index (χ3n) is 4.29. The van der Waals surface area contributed by atoms with E-state index >= 15 is 0 Å². The zero-order valence-corrected chi connectivity index (χ0v) is 12.9. The summed E-state index contributed by atoms with van der Waals surface area (Å²) in [5.41, 5.74) is 0. The molecule has 0 aromatic heterocycles. The third-order valence-corrected chi connectivity index (χ3v) is 4.29. The number of hydrogen-bond acceptors (Lipinski definition) is 6. The van der Waals surface area contributed by atoms with E-state index in [4.69, 9.17) is 5.11 Å². The molecule has 2 aliphatic heterocycles. The van der Waals surface area contributed by atoms with E-state index in [1.54, 1.807) is 0 Å². The number of carboxylic acid groups (broad SMARTS) is 1. The maximum atomic E-state index is 12.5. The number of amides is 2. The SMILES string of the molecule is C[C@@H](O)[C@H](NC(=O)[C@@H]1CCCN1C(=O)[C@@H]1C[C@@H](O)CN1)C(=O)O. The summed E-state index contributed by atoms with van der Waals surface area (Å²) < 4.78 is 0. The Morgan fingerprint density at radius 1 is 1.35 bits per heavy atom. The minimum Gasteiger partial charge on any atom is -0.480 e. The summed E-state index contributed by atoms with van der Waals surface area (Å²) >= 11 is 0. The molecule has 0 aromatic rings. The largest absolute Gasteiger partial charge is 0.480 e. The molecule has 23 heavy (non-hydrogen) atoms. The Balaban J connectivity index is 2.01. The zero-order chi connectivity index (χ0) is 17.1. The van der Waals surface area contributed by atoms with Crippen molar-refractivity contribution in [3.63, 3.8) is 0 Å². The van der Waals surface area contributed by atoms with E-state index in [1.807, 2.05) is 0 Å². The molecule has 0 saturated carbocycles. The molecule has 9 nitrogen and oxygen atoms in total. The molecule has 0 aliphatic carbocycles. The fraction of sp³-hybridized carbons (Fsp3) is 0.786. The molecule has 9 heteroatoms. The Morgan fingerprint density at radius 3 is 2.57 bits per heavy atom. The summed E-state index contributed by atoms with van der Waals surface area (Å²) in [5.74, 6) is -2.17. The van der Waals surface area contributed by atoms with Crippen LogP contribution in [0.1, 0.15) is 26.2 Å². The smallest absolute Gasteiger partial charge is 0.328 e. The molecule has 0 radical (unpaired) electrons. The number of aliphatic hydroxyl groups is 2. The summed E-state index contributed by atoms with van der Waals surface area (Å²) in [4.78, 5) is 37.3. The van der Waals surface area contributed by atoms with E-state index in [-0.39, 0.29) is 5.91 Å². The van der Waals surface area contributed by atoms with E-state index in [2.05, 4.69) is 10.6 Å². The van der Waals surface area contributed by atoms with Crippen LogP contribution in [-0.4, -0.2) is 81.4 Å². The molecule has 2 saturated heterocycles. The number of likely N-dealkylation sites (tertiary alicyclic amines) is 1. The van der Waals surface area contributed by atoms with E-state index in [0.717, 1.165) is 0 Å². The van der Waals surface area contributed by atoms with Gasteiger partial charge in [0, 0.05) is 13.1 Å². The van der Waals surface area contributed by atoms with Crippen LogP contribution in [0.5, 0.6) is 0 Å². The number of nitrogens with zero attached hydrogens (tertiary/aromatic N) is 1. The standard InChI is InChI=1S/C14H23N3O6/c1-7(18)11(14(22)23)16-12(20)10-3-2-4-17(10)13(21)9-5-8(19)6-15-9/h7-11,15,18-19H,2-6H2,1H3,(H,16,20)(H,22,23)/t7-,8-,9+,10+,11+/m1/s1. The first kappa shape index (κ1) is 17.6. The van der Waals surface area contributed by atoms with Gasteiger partial charge in [-0.1, -0.05) is 0 Å². The number of aliphatic hydroxyl groups excluding tert-OH is 2. The highest BCUT2D eigenvalue weighted by molar-refractivity contribution is 5.92. The summed E-state index contributed by atoms with van der Waals surface area (Å²) in [7, 11) is 0. The Hall–Kier alpha value is -1.71. The van der Waals surface area contributed by atoms with Gasteiger partial charge in [-0.25, -0.2) is 4.79 Å². The molecule has 130 valence electrons. The maximum Gasteiger partial charge on any atom is 0.328 e. The Labute approximate surface area is 133 Å². The molecule has 2 rings (SSSR count). The van der Waals surface area contributed by atoms with Crippen molar-refractivity contribution in [2.45, 2.75) is 56.5 Å². The van der Waals surface area contributed by atoms with Gasteiger partial charge in [0.25, 0.3) is 0 Å². The van der Waals surface area contributed by atoms with Gasteiger partial charge >= 0.3 is 5.97 Å². The van der Waals surface area contributed by atoms with E-state index in [9.17, 15) is 24.6 Å². The average molecular weight is 329 g/mol. The van der Waals surface area contributed by atoms with Crippen molar-refractivity contribution in [3.05, 3.63) is 0 Å². The van der Waals surface area contributed by atoms with Crippen molar-refractivity contribution in [3.8, 4) is 0 Å². The molecular weight excluding hydrogens is 306 g/mol. The van der Waals surface area contributed by atoms with Gasteiger partial charge in [-0.05, 0) is 26.2 Å². The first-order chi connectivity index (χ1) is 10.8. The molecule has 2 fully saturated rings. The summed E-state index contributed by atoms with van der Waals surface area (Å²) in [6.07, 6.45) is -0.432. The Kier molecular flexibility index (Phi) is 5.55. The number of nitrogens with one attached hydrogen (secondary N) is 2. The molecule has 2 heterocycles. The van der Waals surface area contributed by atoms with E-state index in [0.29, 0.717) is 32.4 Å². The van der Waals surface area contributed by atoms with Gasteiger partial charge in [0.05, 0.1) is 18.2 Å². The van der Waals surface area contributed by atoms with Gasteiger partial charge in [-0.15, -0.1) is 0 Å². The van der Waals surface area contributed by atoms with Crippen LogP contribution in [0.15, 0.2) is 0 Å². The number of rotatable bonds is 5. The monoisotopic (exact) mass is 329 g/mol. The van der Waals surface area contributed by atoms with Crippen LogP contribution in [0.4, 0.5) is 0 Å².